The molecule has 2 aliphatic heterocycles. The number of alkyl halides is 1. The number of rotatable bonds is 3. The zero-order valence-electron chi connectivity index (χ0n) is 27.5. The average Bonchev–Trinajstić information content (AvgIpc) is 3.68. The van der Waals surface area contributed by atoms with Crippen molar-refractivity contribution in [1.29, 1.82) is 0 Å². The number of fused-ring (bicyclic) bond motifs is 6. The Balaban J connectivity index is 0.967. The molecule has 4 fully saturated rings. The maximum absolute atomic E-state index is 13.8. The van der Waals surface area contributed by atoms with E-state index in [2.05, 4.69) is 51.4 Å². The summed E-state index contributed by atoms with van der Waals surface area (Å²) in [4.78, 5) is 37.8. The molecule has 1 aromatic heterocycles. The number of carbonyl (C=O) groups is 2. The summed E-state index contributed by atoms with van der Waals surface area (Å²) in [5, 5.41) is 23.7. The van der Waals surface area contributed by atoms with Gasteiger partial charge >= 0.3 is 0 Å². The molecule has 0 spiro atoms. The van der Waals surface area contributed by atoms with Crippen LogP contribution in [0.5, 0.6) is 5.75 Å². The molecule has 250 valence electrons. The van der Waals surface area contributed by atoms with Crippen LogP contribution >= 0.6 is 22.6 Å². The van der Waals surface area contributed by atoms with Gasteiger partial charge in [-0.2, -0.15) is 0 Å². The first-order valence-corrected chi connectivity index (χ1v) is 18.6. The first-order valence-electron chi connectivity index (χ1n) is 17.5. The Morgan fingerprint density at radius 1 is 1.00 bits per heavy atom. The van der Waals surface area contributed by atoms with Gasteiger partial charge < -0.3 is 24.9 Å². The lowest BCUT2D eigenvalue weighted by Crippen LogP contribution is -2.58. The maximum Gasteiger partial charge on any atom is 0.273 e. The minimum absolute atomic E-state index is 0.000107. The Morgan fingerprint density at radius 3 is 2.58 bits per heavy atom. The van der Waals surface area contributed by atoms with Crippen LogP contribution in [-0.4, -0.2) is 84.6 Å². The monoisotopic (exact) mass is 758 g/mol. The van der Waals surface area contributed by atoms with E-state index >= 15 is 0 Å². The molecule has 8 nitrogen and oxygen atoms in total. The molecule has 2 amide bonds. The third-order valence-electron chi connectivity index (χ3n) is 12.9. The van der Waals surface area contributed by atoms with Crippen LogP contribution in [0.4, 0.5) is 5.69 Å². The number of aromatic nitrogens is 1. The first kappa shape index (κ1) is 31.9. The number of para-hydroxylation sites is 1. The van der Waals surface area contributed by atoms with E-state index in [0.717, 1.165) is 55.1 Å². The van der Waals surface area contributed by atoms with E-state index in [4.69, 9.17) is 6.42 Å². The highest BCUT2D eigenvalue weighted by Crippen LogP contribution is 2.70. The van der Waals surface area contributed by atoms with Gasteiger partial charge in [-0.3, -0.25) is 9.59 Å². The number of amides is 2. The quantitative estimate of drug-likeness (QED) is 0.203. The molecule has 2 N–H and O–H groups in total. The van der Waals surface area contributed by atoms with Gasteiger partial charge in [0.05, 0.1) is 11.2 Å². The summed E-state index contributed by atoms with van der Waals surface area (Å²) in [5.41, 5.74) is 3.16. The summed E-state index contributed by atoms with van der Waals surface area (Å²) >= 11 is 2.65. The van der Waals surface area contributed by atoms with Gasteiger partial charge in [0.2, 0.25) is 5.91 Å². The standard InChI is InChI=1S/C39H43IN4O4/c1-3-38(48)16-17-39(40)29-12-10-26-23-34(45)33(24-28(26)27(29)14-15-37(38,39)2)42-19-21-43(22-20-42)36(47)32-9-6-18-44(32)35(46)31-13-11-25-7-4-5-8-30(25)41-31/h1,4-5,7-8,11,13,23-24,27,29,32,45,48H,6,9-10,12,14-22H2,2H3/t27-,29-,32+,37-,38+,39-/m1/s1. The molecule has 0 bridgehead atoms. The molecular formula is C39H43IN4O4. The van der Waals surface area contributed by atoms with Gasteiger partial charge in [-0.25, -0.2) is 4.98 Å². The predicted molar refractivity (Wildman–Crippen MR) is 194 cm³/mol. The zero-order chi connectivity index (χ0) is 33.4. The molecule has 2 aromatic carbocycles. The molecule has 2 saturated carbocycles. The Morgan fingerprint density at radius 2 is 1.79 bits per heavy atom. The number of terminal acetylenes is 1. The van der Waals surface area contributed by atoms with Crippen LogP contribution in [0.2, 0.25) is 0 Å². The molecule has 9 heteroatoms. The number of phenols is 1. The highest BCUT2D eigenvalue weighted by molar-refractivity contribution is 14.1. The van der Waals surface area contributed by atoms with Crippen LogP contribution in [0.3, 0.4) is 0 Å². The van der Waals surface area contributed by atoms with Crippen LogP contribution in [0.1, 0.15) is 79.4 Å². The number of likely N-dealkylation sites (tertiary alicyclic amines) is 1. The molecule has 3 heterocycles. The SMILES string of the molecule is C#C[C@]1(O)CC[C@@]2(I)[C@@H]3CCc4cc(O)c(N5CCN(C(=O)[C@@H]6CCCN6C(=O)c6ccc7ccccc7n6)CC5)cc4[C@H]3CC[C@@]21C. The Labute approximate surface area is 296 Å². The van der Waals surface area contributed by atoms with Crippen LogP contribution in [-0.2, 0) is 11.2 Å². The minimum atomic E-state index is -1.06. The van der Waals surface area contributed by atoms with Gasteiger partial charge in [0.25, 0.3) is 5.91 Å². The molecule has 3 aliphatic carbocycles. The average molecular weight is 759 g/mol. The van der Waals surface area contributed by atoms with Gasteiger partial charge in [0, 0.05) is 46.9 Å². The summed E-state index contributed by atoms with van der Waals surface area (Å²) in [6.07, 6.45) is 12.7. The van der Waals surface area contributed by atoms with Gasteiger partial charge in [0.1, 0.15) is 23.1 Å². The van der Waals surface area contributed by atoms with E-state index in [-0.39, 0.29) is 20.7 Å². The Kier molecular flexibility index (Phi) is 7.72. The molecule has 8 rings (SSSR count). The van der Waals surface area contributed by atoms with Crippen molar-refractivity contribution in [2.45, 2.75) is 79.3 Å². The molecular weight excluding hydrogens is 715 g/mol. The number of halogens is 1. The number of aryl methyl sites for hydroxylation is 1. The van der Waals surface area contributed by atoms with E-state index in [0.29, 0.717) is 68.8 Å². The number of benzene rings is 2. The van der Waals surface area contributed by atoms with Crippen molar-refractivity contribution >= 4 is 51.0 Å². The second kappa shape index (κ2) is 11.6. The Bertz CT molecular complexity index is 1850. The number of piperazine rings is 1. The summed E-state index contributed by atoms with van der Waals surface area (Å²) in [6.45, 7) is 5.06. The molecule has 0 unspecified atom stereocenters. The number of phenolic OH excluding ortho intramolecular Hbond substituents is 1. The van der Waals surface area contributed by atoms with E-state index < -0.39 is 11.6 Å². The van der Waals surface area contributed by atoms with Crippen LogP contribution in [0.15, 0.2) is 48.5 Å². The number of hydrogen-bond donors (Lipinski definition) is 2. The molecule has 5 aliphatic rings. The van der Waals surface area contributed by atoms with E-state index in [1.54, 1.807) is 11.0 Å². The van der Waals surface area contributed by atoms with E-state index in [1.165, 1.54) is 11.1 Å². The van der Waals surface area contributed by atoms with Crippen molar-refractivity contribution in [2.24, 2.45) is 11.3 Å². The molecule has 0 radical (unpaired) electrons. The van der Waals surface area contributed by atoms with Gasteiger partial charge in [-0.15, -0.1) is 6.42 Å². The fourth-order valence-electron chi connectivity index (χ4n) is 10.0. The minimum Gasteiger partial charge on any atom is -0.506 e. The van der Waals surface area contributed by atoms with Crippen LogP contribution in [0.25, 0.3) is 10.9 Å². The third-order valence-corrected chi connectivity index (χ3v) is 15.4. The number of anilines is 1. The lowest BCUT2D eigenvalue weighted by Gasteiger charge is -2.57. The second-order valence-corrected chi connectivity index (χ2v) is 16.8. The largest absolute Gasteiger partial charge is 0.506 e. The lowest BCUT2D eigenvalue weighted by molar-refractivity contribution is -0.135. The highest BCUT2D eigenvalue weighted by Gasteiger charge is 2.68. The van der Waals surface area contributed by atoms with Crippen molar-refractivity contribution < 1.29 is 19.8 Å². The van der Waals surface area contributed by atoms with Crippen molar-refractivity contribution in [1.82, 2.24) is 14.8 Å². The fourth-order valence-corrected chi connectivity index (χ4v) is 11.7. The second-order valence-electron chi connectivity index (χ2n) is 14.9. The first-order chi connectivity index (χ1) is 23.1. The van der Waals surface area contributed by atoms with Crippen LogP contribution in [0, 0.1) is 23.7 Å². The number of pyridine rings is 1. The van der Waals surface area contributed by atoms with E-state index in [9.17, 15) is 19.8 Å². The fraction of sp³-hybridized carbons (Fsp3) is 0.513. The van der Waals surface area contributed by atoms with Crippen molar-refractivity contribution in [3.63, 3.8) is 0 Å². The lowest BCUT2D eigenvalue weighted by atomic mass is 9.53. The van der Waals surface area contributed by atoms with Crippen molar-refractivity contribution in [3.8, 4) is 18.1 Å². The molecule has 2 saturated heterocycles. The summed E-state index contributed by atoms with van der Waals surface area (Å²) < 4.78 is -0.0730. The van der Waals surface area contributed by atoms with E-state index in [1.807, 2.05) is 41.3 Å². The van der Waals surface area contributed by atoms with Crippen LogP contribution < -0.4 is 4.90 Å². The molecule has 3 aromatic rings. The van der Waals surface area contributed by atoms with Gasteiger partial charge in [0.15, 0.2) is 0 Å². The van der Waals surface area contributed by atoms with Gasteiger partial charge in [-0.1, -0.05) is 59.7 Å². The highest BCUT2D eigenvalue weighted by atomic mass is 127. The molecule has 6 atom stereocenters. The smallest absolute Gasteiger partial charge is 0.273 e. The third kappa shape index (κ3) is 4.68. The number of aromatic hydroxyl groups is 1. The van der Waals surface area contributed by atoms with Gasteiger partial charge in [-0.05, 0) is 98.6 Å². The normalized spacial score (nSPS) is 32.8. The molecule has 48 heavy (non-hydrogen) atoms. The summed E-state index contributed by atoms with van der Waals surface area (Å²) in [7, 11) is 0. The maximum atomic E-state index is 13.8. The Hall–Kier alpha value is -3.36. The number of aliphatic hydroxyl groups is 1. The number of carbonyl (C=O) groups excluding carboxylic acids is 2. The van der Waals surface area contributed by atoms with Crippen molar-refractivity contribution in [2.75, 3.05) is 37.6 Å². The predicted octanol–water partition coefficient (Wildman–Crippen LogP) is 5.67. The topological polar surface area (TPSA) is 97.2 Å². The summed E-state index contributed by atoms with van der Waals surface area (Å²) in [5.74, 6) is 3.68. The zero-order valence-corrected chi connectivity index (χ0v) is 29.7. The summed E-state index contributed by atoms with van der Waals surface area (Å²) in [6, 6.07) is 15.1. The number of hydrogen-bond acceptors (Lipinski definition) is 6. The number of nitrogens with zero attached hydrogens (tertiary/aromatic N) is 4. The van der Waals surface area contributed by atoms with Crippen molar-refractivity contribution in [3.05, 3.63) is 65.4 Å².